The summed E-state index contributed by atoms with van der Waals surface area (Å²) in [5.74, 6) is 0.600. The Morgan fingerprint density at radius 2 is 1.73 bits per heavy atom. The summed E-state index contributed by atoms with van der Waals surface area (Å²) in [5.41, 5.74) is 1.32. The standard InChI is InChI=1S/C18H21N3O4S/c1-25-17-8-3-2-7-16(17)20-9-11-21(12-10-20)18(22)14-5-4-6-15(13-14)26(19,23)24/h2-8,13H,9-12H2,1H3,(H2,19,23,24). The lowest BCUT2D eigenvalue weighted by molar-refractivity contribution is 0.0746. The molecule has 8 heteroatoms. The van der Waals surface area contributed by atoms with Crippen LogP contribution in [0.2, 0.25) is 0 Å². The number of ether oxygens (including phenoxy) is 1. The predicted octanol–water partition coefficient (Wildman–Crippen LogP) is 1.30. The van der Waals surface area contributed by atoms with Gasteiger partial charge in [-0.3, -0.25) is 4.79 Å². The second kappa shape index (κ2) is 7.35. The molecule has 138 valence electrons. The van der Waals surface area contributed by atoms with E-state index in [0.717, 1.165) is 11.4 Å². The van der Waals surface area contributed by atoms with E-state index in [0.29, 0.717) is 31.7 Å². The predicted molar refractivity (Wildman–Crippen MR) is 98.9 cm³/mol. The van der Waals surface area contributed by atoms with Crippen LogP contribution in [0, 0.1) is 0 Å². The first-order valence-electron chi connectivity index (χ1n) is 8.20. The molecule has 2 N–H and O–H groups in total. The maximum Gasteiger partial charge on any atom is 0.254 e. The Bertz CT molecular complexity index is 906. The van der Waals surface area contributed by atoms with E-state index in [1.165, 1.54) is 18.2 Å². The molecule has 0 spiro atoms. The highest BCUT2D eigenvalue weighted by atomic mass is 32.2. The van der Waals surface area contributed by atoms with Gasteiger partial charge in [-0.15, -0.1) is 0 Å². The van der Waals surface area contributed by atoms with Gasteiger partial charge in [-0.1, -0.05) is 18.2 Å². The number of methoxy groups -OCH3 is 1. The lowest BCUT2D eigenvalue weighted by Crippen LogP contribution is -2.48. The fraction of sp³-hybridized carbons (Fsp3) is 0.278. The number of para-hydroxylation sites is 2. The second-order valence-corrected chi connectivity index (χ2v) is 7.59. The molecule has 0 aromatic heterocycles. The molecule has 2 aromatic carbocycles. The topological polar surface area (TPSA) is 92.9 Å². The molecule has 0 saturated carbocycles. The Morgan fingerprint density at radius 3 is 2.38 bits per heavy atom. The molecule has 1 aliphatic rings. The van der Waals surface area contributed by atoms with Crippen LogP contribution >= 0.6 is 0 Å². The van der Waals surface area contributed by atoms with Gasteiger partial charge in [0.2, 0.25) is 10.0 Å². The van der Waals surface area contributed by atoms with Gasteiger partial charge in [-0.25, -0.2) is 13.6 Å². The average molecular weight is 375 g/mol. The third-order valence-corrected chi connectivity index (χ3v) is 5.31. The van der Waals surface area contributed by atoms with Crippen LogP contribution in [0.1, 0.15) is 10.4 Å². The highest BCUT2D eigenvalue weighted by molar-refractivity contribution is 7.89. The van der Waals surface area contributed by atoms with Crippen molar-refractivity contribution in [3.8, 4) is 5.75 Å². The van der Waals surface area contributed by atoms with Crippen molar-refractivity contribution in [2.75, 3.05) is 38.2 Å². The zero-order valence-corrected chi connectivity index (χ0v) is 15.3. The molecule has 1 heterocycles. The van der Waals surface area contributed by atoms with Crippen molar-refractivity contribution in [2.45, 2.75) is 4.90 Å². The van der Waals surface area contributed by atoms with Crippen molar-refractivity contribution in [1.82, 2.24) is 4.90 Å². The molecule has 1 amide bonds. The molecule has 26 heavy (non-hydrogen) atoms. The normalized spacial score (nSPS) is 15.0. The van der Waals surface area contributed by atoms with Crippen molar-refractivity contribution in [1.29, 1.82) is 0 Å². The van der Waals surface area contributed by atoms with E-state index >= 15 is 0 Å². The van der Waals surface area contributed by atoms with Gasteiger partial charge in [0.15, 0.2) is 0 Å². The highest BCUT2D eigenvalue weighted by Crippen LogP contribution is 2.28. The summed E-state index contributed by atoms with van der Waals surface area (Å²) in [6.07, 6.45) is 0. The summed E-state index contributed by atoms with van der Waals surface area (Å²) in [6.45, 7) is 2.41. The molecule has 0 unspecified atom stereocenters. The first-order chi connectivity index (χ1) is 12.4. The van der Waals surface area contributed by atoms with E-state index < -0.39 is 10.0 Å². The third-order valence-electron chi connectivity index (χ3n) is 4.40. The average Bonchev–Trinajstić information content (AvgIpc) is 2.67. The molecule has 0 bridgehead atoms. The van der Waals surface area contributed by atoms with Crippen LogP contribution in [-0.4, -0.2) is 52.5 Å². The van der Waals surface area contributed by atoms with Crippen molar-refractivity contribution in [3.05, 3.63) is 54.1 Å². The Morgan fingerprint density at radius 1 is 1.04 bits per heavy atom. The van der Waals surface area contributed by atoms with Crippen molar-refractivity contribution in [3.63, 3.8) is 0 Å². The summed E-state index contributed by atoms with van der Waals surface area (Å²) in [6, 6.07) is 13.6. The zero-order chi connectivity index (χ0) is 18.7. The molecule has 1 aliphatic heterocycles. The monoisotopic (exact) mass is 375 g/mol. The van der Waals surface area contributed by atoms with Gasteiger partial charge in [-0.05, 0) is 30.3 Å². The number of anilines is 1. The summed E-state index contributed by atoms with van der Waals surface area (Å²) in [4.78, 5) is 16.5. The van der Waals surface area contributed by atoms with Gasteiger partial charge < -0.3 is 14.5 Å². The number of nitrogens with zero attached hydrogens (tertiary/aromatic N) is 2. The van der Waals surface area contributed by atoms with Crippen LogP contribution in [-0.2, 0) is 10.0 Å². The molecule has 0 atom stereocenters. The van der Waals surface area contributed by atoms with E-state index in [1.54, 1.807) is 18.1 Å². The maximum absolute atomic E-state index is 12.7. The van der Waals surface area contributed by atoms with Crippen molar-refractivity contribution in [2.24, 2.45) is 5.14 Å². The van der Waals surface area contributed by atoms with E-state index in [4.69, 9.17) is 9.88 Å². The number of amides is 1. The summed E-state index contributed by atoms with van der Waals surface area (Å²) in [5, 5.41) is 5.14. The Hall–Kier alpha value is -2.58. The minimum Gasteiger partial charge on any atom is -0.495 e. The molecule has 0 aliphatic carbocycles. The minimum atomic E-state index is -3.83. The van der Waals surface area contributed by atoms with Gasteiger partial charge >= 0.3 is 0 Å². The number of nitrogens with two attached hydrogens (primary N) is 1. The Labute approximate surface area is 153 Å². The van der Waals surface area contributed by atoms with Crippen LogP contribution in [0.4, 0.5) is 5.69 Å². The van der Waals surface area contributed by atoms with Gasteiger partial charge in [0.25, 0.3) is 5.91 Å². The van der Waals surface area contributed by atoms with Crippen LogP contribution in [0.15, 0.2) is 53.4 Å². The second-order valence-electron chi connectivity index (χ2n) is 6.02. The lowest BCUT2D eigenvalue weighted by Gasteiger charge is -2.36. The van der Waals surface area contributed by atoms with Gasteiger partial charge in [0.1, 0.15) is 5.75 Å². The molecular weight excluding hydrogens is 354 g/mol. The number of primary sulfonamides is 1. The van der Waals surface area contributed by atoms with Crippen LogP contribution in [0.5, 0.6) is 5.75 Å². The highest BCUT2D eigenvalue weighted by Gasteiger charge is 2.24. The number of piperazine rings is 1. The SMILES string of the molecule is COc1ccccc1N1CCN(C(=O)c2cccc(S(N)(=O)=O)c2)CC1. The number of carbonyl (C=O) groups excluding carboxylic acids is 1. The fourth-order valence-electron chi connectivity index (χ4n) is 3.03. The molecule has 1 saturated heterocycles. The van der Waals surface area contributed by atoms with E-state index in [9.17, 15) is 13.2 Å². The quantitative estimate of drug-likeness (QED) is 0.870. The number of hydrogen-bond acceptors (Lipinski definition) is 5. The van der Waals surface area contributed by atoms with Crippen LogP contribution in [0.3, 0.4) is 0 Å². The van der Waals surface area contributed by atoms with Gasteiger partial charge in [0, 0.05) is 31.7 Å². The first kappa shape index (κ1) is 18.2. The zero-order valence-electron chi connectivity index (χ0n) is 14.5. The van der Waals surface area contributed by atoms with Gasteiger partial charge in [0.05, 0.1) is 17.7 Å². The van der Waals surface area contributed by atoms with Gasteiger partial charge in [-0.2, -0.15) is 0 Å². The molecular formula is C18H21N3O4S. The fourth-order valence-corrected chi connectivity index (χ4v) is 3.59. The number of carbonyl (C=O) groups is 1. The molecule has 0 radical (unpaired) electrons. The largest absolute Gasteiger partial charge is 0.495 e. The van der Waals surface area contributed by atoms with E-state index in [2.05, 4.69) is 4.90 Å². The summed E-state index contributed by atoms with van der Waals surface area (Å²) in [7, 11) is -2.20. The number of sulfonamides is 1. The smallest absolute Gasteiger partial charge is 0.254 e. The number of benzene rings is 2. The van der Waals surface area contributed by atoms with Crippen LogP contribution < -0.4 is 14.8 Å². The third kappa shape index (κ3) is 3.81. The molecule has 7 nitrogen and oxygen atoms in total. The Kier molecular flexibility index (Phi) is 5.15. The van der Waals surface area contributed by atoms with Crippen molar-refractivity contribution < 1.29 is 17.9 Å². The van der Waals surface area contributed by atoms with E-state index in [-0.39, 0.29) is 10.8 Å². The molecule has 3 rings (SSSR count). The summed E-state index contributed by atoms with van der Waals surface area (Å²) < 4.78 is 28.4. The van der Waals surface area contributed by atoms with Crippen molar-refractivity contribution >= 4 is 21.6 Å². The van der Waals surface area contributed by atoms with E-state index in [1.807, 2.05) is 24.3 Å². The molecule has 2 aromatic rings. The number of rotatable bonds is 4. The first-order valence-corrected chi connectivity index (χ1v) is 9.75. The van der Waals surface area contributed by atoms with Crippen LogP contribution in [0.25, 0.3) is 0 Å². The summed E-state index contributed by atoms with van der Waals surface area (Å²) >= 11 is 0. The number of hydrogen-bond donors (Lipinski definition) is 1. The maximum atomic E-state index is 12.7. The lowest BCUT2D eigenvalue weighted by atomic mass is 10.1. The minimum absolute atomic E-state index is 0.0593. The molecule has 1 fully saturated rings. The Balaban J connectivity index is 1.71.